The highest BCUT2D eigenvalue weighted by Crippen LogP contribution is 2.26. The van der Waals surface area contributed by atoms with Crippen LogP contribution < -0.4 is 10.6 Å². The highest BCUT2D eigenvalue weighted by atomic mass is 32.1. The molecule has 28 heavy (non-hydrogen) atoms. The SMILES string of the molecule is CCOC(=O)c1ccc(NC(=S)N[C@H](c2ccc(C)cc2C)C(C)C)c(C)c1. The second-order valence-corrected chi connectivity index (χ2v) is 7.84. The van der Waals surface area contributed by atoms with E-state index in [2.05, 4.69) is 56.5 Å². The quantitative estimate of drug-likeness (QED) is 0.499. The maximum absolute atomic E-state index is 11.9. The van der Waals surface area contributed by atoms with Crippen molar-refractivity contribution in [2.45, 2.75) is 47.6 Å². The molecule has 2 aromatic carbocycles. The van der Waals surface area contributed by atoms with E-state index < -0.39 is 0 Å². The lowest BCUT2D eigenvalue weighted by atomic mass is 9.92. The summed E-state index contributed by atoms with van der Waals surface area (Å²) in [6.45, 7) is 12.7. The number of anilines is 1. The molecule has 0 radical (unpaired) electrons. The van der Waals surface area contributed by atoms with Gasteiger partial charge in [0.2, 0.25) is 0 Å². The first-order valence-corrected chi connectivity index (χ1v) is 10.1. The van der Waals surface area contributed by atoms with Crippen molar-refractivity contribution in [3.05, 3.63) is 64.2 Å². The summed E-state index contributed by atoms with van der Waals surface area (Å²) in [6, 6.07) is 12.0. The third-order valence-corrected chi connectivity index (χ3v) is 4.92. The summed E-state index contributed by atoms with van der Waals surface area (Å²) in [7, 11) is 0. The second-order valence-electron chi connectivity index (χ2n) is 7.43. The van der Waals surface area contributed by atoms with E-state index in [0.29, 0.717) is 23.2 Å². The fraction of sp³-hybridized carbons (Fsp3) is 0.391. The van der Waals surface area contributed by atoms with E-state index >= 15 is 0 Å². The van der Waals surface area contributed by atoms with Crippen LogP contribution in [0.4, 0.5) is 5.69 Å². The zero-order chi connectivity index (χ0) is 20.8. The number of nitrogens with one attached hydrogen (secondary N) is 2. The molecule has 2 N–H and O–H groups in total. The molecule has 150 valence electrons. The molecule has 0 aliphatic carbocycles. The van der Waals surface area contributed by atoms with Crippen molar-refractivity contribution in [3.63, 3.8) is 0 Å². The standard InChI is InChI=1S/C23H30N2O2S/c1-7-27-22(26)18-9-11-20(17(6)13-18)24-23(28)25-21(14(2)3)19-10-8-15(4)12-16(19)5/h8-14,21H,7H2,1-6H3,(H2,24,25,28)/t21-/m0/s1. The summed E-state index contributed by atoms with van der Waals surface area (Å²) in [5, 5.41) is 7.28. The first-order valence-electron chi connectivity index (χ1n) is 9.65. The second kappa shape index (κ2) is 9.69. The number of ether oxygens (including phenoxy) is 1. The number of thiocarbonyl (C=S) groups is 1. The van der Waals surface area contributed by atoms with Gasteiger partial charge in [-0.15, -0.1) is 0 Å². The first-order chi connectivity index (χ1) is 13.2. The predicted molar refractivity (Wildman–Crippen MR) is 120 cm³/mol. The number of rotatable bonds is 6. The van der Waals surface area contributed by atoms with Gasteiger partial charge in [0, 0.05) is 5.69 Å². The Labute approximate surface area is 173 Å². The maximum atomic E-state index is 11.9. The van der Waals surface area contributed by atoms with Crippen LogP contribution in [0.2, 0.25) is 0 Å². The largest absolute Gasteiger partial charge is 0.462 e. The Morgan fingerprint density at radius 2 is 1.79 bits per heavy atom. The third-order valence-electron chi connectivity index (χ3n) is 4.70. The highest BCUT2D eigenvalue weighted by molar-refractivity contribution is 7.80. The molecule has 2 aromatic rings. The van der Waals surface area contributed by atoms with E-state index in [1.165, 1.54) is 16.7 Å². The fourth-order valence-corrected chi connectivity index (χ4v) is 3.46. The van der Waals surface area contributed by atoms with E-state index in [-0.39, 0.29) is 12.0 Å². The van der Waals surface area contributed by atoms with Gasteiger partial charge in [0.15, 0.2) is 5.11 Å². The molecule has 0 aliphatic rings. The Morgan fingerprint density at radius 3 is 2.36 bits per heavy atom. The molecule has 0 aromatic heterocycles. The van der Waals surface area contributed by atoms with Crippen molar-refractivity contribution in [2.75, 3.05) is 11.9 Å². The van der Waals surface area contributed by atoms with Gasteiger partial charge in [-0.1, -0.05) is 37.6 Å². The number of aryl methyl sites for hydroxylation is 3. The van der Waals surface area contributed by atoms with Gasteiger partial charge in [0.25, 0.3) is 0 Å². The van der Waals surface area contributed by atoms with Crippen molar-refractivity contribution in [3.8, 4) is 0 Å². The van der Waals surface area contributed by atoms with E-state index in [1.807, 2.05) is 19.1 Å². The molecule has 2 rings (SSSR count). The molecule has 1 atom stereocenters. The van der Waals surface area contributed by atoms with E-state index in [0.717, 1.165) is 11.3 Å². The number of hydrogen-bond acceptors (Lipinski definition) is 3. The smallest absolute Gasteiger partial charge is 0.338 e. The maximum Gasteiger partial charge on any atom is 0.338 e. The molecule has 0 spiro atoms. The summed E-state index contributed by atoms with van der Waals surface area (Å²) in [5.74, 6) is 0.0565. The third kappa shape index (κ3) is 5.55. The Hall–Kier alpha value is -2.40. The van der Waals surface area contributed by atoms with Crippen molar-refractivity contribution < 1.29 is 9.53 Å². The van der Waals surface area contributed by atoms with Crippen molar-refractivity contribution in [1.82, 2.24) is 5.32 Å². The van der Waals surface area contributed by atoms with Gasteiger partial charge in [-0.3, -0.25) is 0 Å². The van der Waals surface area contributed by atoms with Crippen LogP contribution in [0.5, 0.6) is 0 Å². The Kier molecular flexibility index (Phi) is 7.58. The summed E-state index contributed by atoms with van der Waals surface area (Å²) >= 11 is 5.57. The molecular formula is C23H30N2O2S. The summed E-state index contributed by atoms with van der Waals surface area (Å²) in [4.78, 5) is 11.9. The molecule has 0 aliphatic heterocycles. The average molecular weight is 399 g/mol. The number of esters is 1. The molecule has 0 bridgehead atoms. The van der Waals surface area contributed by atoms with Crippen LogP contribution in [0.3, 0.4) is 0 Å². The average Bonchev–Trinajstić information content (AvgIpc) is 2.62. The minimum atomic E-state index is -0.312. The van der Waals surface area contributed by atoms with Crippen LogP contribution in [0.1, 0.15) is 59.4 Å². The molecular weight excluding hydrogens is 368 g/mol. The summed E-state index contributed by atoms with van der Waals surface area (Å²) in [5.41, 5.74) is 6.10. The van der Waals surface area contributed by atoms with Crippen LogP contribution in [-0.4, -0.2) is 17.7 Å². The Morgan fingerprint density at radius 1 is 1.07 bits per heavy atom. The minimum Gasteiger partial charge on any atom is -0.462 e. The molecule has 4 nitrogen and oxygen atoms in total. The zero-order valence-corrected chi connectivity index (χ0v) is 18.4. The summed E-state index contributed by atoms with van der Waals surface area (Å²) < 4.78 is 5.05. The van der Waals surface area contributed by atoms with Crippen molar-refractivity contribution in [1.29, 1.82) is 0 Å². The van der Waals surface area contributed by atoms with Gasteiger partial charge in [-0.25, -0.2) is 4.79 Å². The number of benzene rings is 2. The lowest BCUT2D eigenvalue weighted by Gasteiger charge is -2.26. The molecule has 0 unspecified atom stereocenters. The lowest BCUT2D eigenvalue weighted by Crippen LogP contribution is -2.35. The van der Waals surface area contributed by atoms with Crippen LogP contribution in [-0.2, 0) is 4.74 Å². The molecule has 0 heterocycles. The van der Waals surface area contributed by atoms with Gasteiger partial charge in [-0.05, 0) is 80.7 Å². The lowest BCUT2D eigenvalue weighted by molar-refractivity contribution is 0.0526. The van der Waals surface area contributed by atoms with Gasteiger partial charge < -0.3 is 15.4 Å². The highest BCUT2D eigenvalue weighted by Gasteiger charge is 2.19. The van der Waals surface area contributed by atoms with E-state index in [9.17, 15) is 4.79 Å². The Bertz CT molecular complexity index is 862. The van der Waals surface area contributed by atoms with Crippen LogP contribution in [0, 0.1) is 26.7 Å². The Balaban J connectivity index is 2.14. The van der Waals surface area contributed by atoms with Crippen molar-refractivity contribution in [2.24, 2.45) is 5.92 Å². The van der Waals surface area contributed by atoms with E-state index in [4.69, 9.17) is 17.0 Å². The molecule has 0 amide bonds. The number of carbonyl (C=O) groups excluding carboxylic acids is 1. The molecule has 0 saturated carbocycles. The minimum absolute atomic E-state index is 0.111. The molecule has 5 heteroatoms. The van der Waals surface area contributed by atoms with E-state index in [1.54, 1.807) is 13.0 Å². The van der Waals surface area contributed by atoms with Gasteiger partial charge >= 0.3 is 5.97 Å². The van der Waals surface area contributed by atoms with Gasteiger partial charge in [-0.2, -0.15) is 0 Å². The van der Waals surface area contributed by atoms with Crippen molar-refractivity contribution >= 4 is 29.0 Å². The molecule has 0 fully saturated rings. The first kappa shape index (κ1) is 21.9. The van der Waals surface area contributed by atoms with Gasteiger partial charge in [0.1, 0.15) is 0 Å². The zero-order valence-electron chi connectivity index (χ0n) is 17.6. The van der Waals surface area contributed by atoms with Crippen LogP contribution >= 0.6 is 12.2 Å². The molecule has 0 saturated heterocycles. The number of carbonyl (C=O) groups is 1. The van der Waals surface area contributed by atoms with Crippen LogP contribution in [0.25, 0.3) is 0 Å². The fourth-order valence-electron chi connectivity index (χ4n) is 3.22. The summed E-state index contributed by atoms with van der Waals surface area (Å²) in [6.07, 6.45) is 0. The van der Waals surface area contributed by atoms with Gasteiger partial charge in [0.05, 0.1) is 18.2 Å². The number of hydrogen-bond donors (Lipinski definition) is 2. The predicted octanol–water partition coefficient (Wildman–Crippen LogP) is 5.47. The topological polar surface area (TPSA) is 50.4 Å². The monoisotopic (exact) mass is 398 g/mol. The van der Waals surface area contributed by atoms with Crippen LogP contribution in [0.15, 0.2) is 36.4 Å². The normalized spacial score (nSPS) is 11.8.